The smallest absolute Gasteiger partial charge is 0.185 e. The van der Waals surface area contributed by atoms with Gasteiger partial charge in [0.15, 0.2) is 5.13 Å². The van der Waals surface area contributed by atoms with E-state index in [1.165, 1.54) is 22.3 Å². The van der Waals surface area contributed by atoms with Gasteiger partial charge in [-0.3, -0.25) is 0 Å². The molecular weight excluding hydrogens is 224 g/mol. The lowest BCUT2D eigenvalue weighted by Crippen LogP contribution is -2.32. The Morgan fingerprint density at radius 1 is 1.27 bits per heavy atom. The molecule has 2 nitrogen and oxygen atoms in total. The molecule has 1 saturated heterocycles. The molecule has 0 N–H and O–H groups in total. The maximum Gasteiger partial charge on any atom is 0.185 e. The summed E-state index contributed by atoms with van der Waals surface area (Å²) in [6.45, 7) is 8.97. The SMILES string of the molecule is CC(C)(C)c1csc(N2CCSCC2)n1. The molecule has 1 fully saturated rings. The van der Waals surface area contributed by atoms with Crippen LogP contribution in [-0.4, -0.2) is 29.6 Å². The zero-order valence-corrected chi connectivity index (χ0v) is 11.2. The number of thiazole rings is 1. The van der Waals surface area contributed by atoms with E-state index >= 15 is 0 Å². The van der Waals surface area contributed by atoms with Gasteiger partial charge in [-0.25, -0.2) is 4.98 Å². The predicted molar refractivity (Wildman–Crippen MR) is 70.4 cm³/mol. The third kappa shape index (κ3) is 2.67. The van der Waals surface area contributed by atoms with Crippen molar-refractivity contribution >= 4 is 28.2 Å². The zero-order chi connectivity index (χ0) is 10.9. The van der Waals surface area contributed by atoms with Crippen LogP contribution in [0, 0.1) is 0 Å². The van der Waals surface area contributed by atoms with Gasteiger partial charge >= 0.3 is 0 Å². The minimum Gasteiger partial charge on any atom is -0.346 e. The Bertz CT molecular complexity index is 322. The number of hydrogen-bond donors (Lipinski definition) is 0. The number of anilines is 1. The van der Waals surface area contributed by atoms with E-state index in [1.807, 2.05) is 11.8 Å². The number of thioether (sulfide) groups is 1. The maximum absolute atomic E-state index is 4.74. The molecule has 0 bridgehead atoms. The van der Waals surface area contributed by atoms with Crippen molar-refractivity contribution < 1.29 is 0 Å². The third-order valence-corrected chi connectivity index (χ3v) is 4.39. The Kier molecular flexibility index (Phi) is 3.26. The number of nitrogens with zero attached hydrogens (tertiary/aromatic N) is 2. The molecule has 2 rings (SSSR count). The molecule has 1 aliphatic heterocycles. The lowest BCUT2D eigenvalue weighted by Gasteiger charge is -2.25. The van der Waals surface area contributed by atoms with Crippen molar-refractivity contribution in [2.24, 2.45) is 0 Å². The average Bonchev–Trinajstić information content (AvgIpc) is 2.67. The van der Waals surface area contributed by atoms with Gasteiger partial charge in [0, 0.05) is 35.4 Å². The molecule has 0 aliphatic carbocycles. The fourth-order valence-corrected chi connectivity index (χ4v) is 3.52. The van der Waals surface area contributed by atoms with Crippen LogP contribution in [0.5, 0.6) is 0 Å². The summed E-state index contributed by atoms with van der Waals surface area (Å²) < 4.78 is 0. The predicted octanol–water partition coefficient (Wildman–Crippen LogP) is 2.99. The minimum atomic E-state index is 0.180. The van der Waals surface area contributed by atoms with Gasteiger partial charge in [0.25, 0.3) is 0 Å². The second-order valence-electron chi connectivity index (χ2n) is 4.86. The second-order valence-corrected chi connectivity index (χ2v) is 6.93. The van der Waals surface area contributed by atoms with Crippen molar-refractivity contribution in [3.05, 3.63) is 11.1 Å². The van der Waals surface area contributed by atoms with Crippen molar-refractivity contribution in [3.63, 3.8) is 0 Å². The van der Waals surface area contributed by atoms with Crippen LogP contribution in [-0.2, 0) is 5.41 Å². The molecule has 1 aromatic heterocycles. The molecule has 0 saturated carbocycles. The fraction of sp³-hybridized carbons (Fsp3) is 0.727. The highest BCUT2D eigenvalue weighted by Crippen LogP contribution is 2.29. The highest BCUT2D eigenvalue weighted by molar-refractivity contribution is 7.99. The zero-order valence-electron chi connectivity index (χ0n) is 9.62. The Balaban J connectivity index is 2.12. The molecule has 1 aromatic rings. The van der Waals surface area contributed by atoms with Crippen LogP contribution in [0.15, 0.2) is 5.38 Å². The van der Waals surface area contributed by atoms with Crippen LogP contribution in [0.25, 0.3) is 0 Å². The molecule has 1 aliphatic rings. The van der Waals surface area contributed by atoms with E-state index in [-0.39, 0.29) is 5.41 Å². The summed E-state index contributed by atoms with van der Waals surface area (Å²) in [4.78, 5) is 7.15. The largest absolute Gasteiger partial charge is 0.346 e. The molecule has 0 atom stereocenters. The van der Waals surface area contributed by atoms with Crippen molar-refractivity contribution in [2.45, 2.75) is 26.2 Å². The van der Waals surface area contributed by atoms with Crippen LogP contribution < -0.4 is 4.90 Å². The van der Waals surface area contributed by atoms with Gasteiger partial charge in [0.1, 0.15) is 0 Å². The standard InChI is InChI=1S/C11H18N2S2/c1-11(2,3)9-8-15-10(12-9)13-4-6-14-7-5-13/h8H,4-7H2,1-3H3. The number of aromatic nitrogens is 1. The van der Waals surface area contributed by atoms with Crippen LogP contribution in [0.3, 0.4) is 0 Å². The first-order chi connectivity index (χ1) is 7.07. The van der Waals surface area contributed by atoms with Gasteiger partial charge in [-0.05, 0) is 0 Å². The molecular formula is C11H18N2S2. The third-order valence-electron chi connectivity index (χ3n) is 2.54. The Morgan fingerprint density at radius 3 is 2.47 bits per heavy atom. The monoisotopic (exact) mass is 242 g/mol. The van der Waals surface area contributed by atoms with E-state index in [2.05, 4.69) is 31.1 Å². The van der Waals surface area contributed by atoms with Crippen molar-refractivity contribution in [1.82, 2.24) is 4.98 Å². The Morgan fingerprint density at radius 2 is 1.93 bits per heavy atom. The van der Waals surface area contributed by atoms with Crippen LogP contribution >= 0.6 is 23.1 Å². The van der Waals surface area contributed by atoms with Crippen LogP contribution in [0.1, 0.15) is 26.5 Å². The first-order valence-electron chi connectivity index (χ1n) is 5.36. The maximum atomic E-state index is 4.74. The van der Waals surface area contributed by atoms with E-state index in [0.717, 1.165) is 13.1 Å². The van der Waals surface area contributed by atoms with E-state index in [0.29, 0.717) is 0 Å². The molecule has 0 amide bonds. The molecule has 0 spiro atoms. The lowest BCUT2D eigenvalue weighted by atomic mass is 9.93. The van der Waals surface area contributed by atoms with E-state index < -0.39 is 0 Å². The summed E-state index contributed by atoms with van der Waals surface area (Å²) in [6, 6.07) is 0. The molecule has 0 unspecified atom stereocenters. The Labute approximate surface area is 100 Å². The highest BCUT2D eigenvalue weighted by atomic mass is 32.2. The lowest BCUT2D eigenvalue weighted by molar-refractivity contribution is 0.572. The summed E-state index contributed by atoms with van der Waals surface area (Å²) in [5.41, 5.74) is 1.40. The minimum absolute atomic E-state index is 0.180. The molecule has 0 radical (unpaired) electrons. The normalized spacial score (nSPS) is 18.2. The molecule has 0 aromatic carbocycles. The number of rotatable bonds is 1. The van der Waals surface area contributed by atoms with Gasteiger partial charge in [-0.15, -0.1) is 11.3 Å². The molecule has 15 heavy (non-hydrogen) atoms. The van der Waals surface area contributed by atoms with Crippen molar-refractivity contribution in [3.8, 4) is 0 Å². The summed E-state index contributed by atoms with van der Waals surface area (Å²) >= 11 is 3.83. The highest BCUT2D eigenvalue weighted by Gasteiger charge is 2.20. The topological polar surface area (TPSA) is 16.1 Å². The van der Waals surface area contributed by atoms with Crippen molar-refractivity contribution in [1.29, 1.82) is 0 Å². The Hall–Kier alpha value is -0.220. The molecule has 4 heteroatoms. The summed E-state index contributed by atoms with van der Waals surface area (Å²) in [6.07, 6.45) is 0. The van der Waals surface area contributed by atoms with Gasteiger partial charge in [0.05, 0.1) is 5.69 Å². The summed E-state index contributed by atoms with van der Waals surface area (Å²) in [7, 11) is 0. The van der Waals surface area contributed by atoms with E-state index in [1.54, 1.807) is 11.3 Å². The average molecular weight is 242 g/mol. The first-order valence-corrected chi connectivity index (χ1v) is 7.39. The quantitative estimate of drug-likeness (QED) is 0.753. The fourth-order valence-electron chi connectivity index (χ4n) is 1.51. The summed E-state index contributed by atoms with van der Waals surface area (Å²) in [5.74, 6) is 2.48. The van der Waals surface area contributed by atoms with Crippen LogP contribution in [0.4, 0.5) is 5.13 Å². The van der Waals surface area contributed by atoms with Gasteiger partial charge in [-0.1, -0.05) is 20.8 Å². The number of hydrogen-bond acceptors (Lipinski definition) is 4. The summed E-state index contributed by atoms with van der Waals surface area (Å²) in [5, 5.41) is 3.41. The molecule has 2 heterocycles. The van der Waals surface area contributed by atoms with Gasteiger partial charge < -0.3 is 4.90 Å². The van der Waals surface area contributed by atoms with Gasteiger partial charge in [-0.2, -0.15) is 11.8 Å². The van der Waals surface area contributed by atoms with Crippen molar-refractivity contribution in [2.75, 3.05) is 29.5 Å². The van der Waals surface area contributed by atoms with E-state index in [9.17, 15) is 0 Å². The van der Waals surface area contributed by atoms with Crippen LogP contribution in [0.2, 0.25) is 0 Å². The van der Waals surface area contributed by atoms with E-state index in [4.69, 9.17) is 4.98 Å². The molecule has 84 valence electrons. The van der Waals surface area contributed by atoms with Gasteiger partial charge in [0.2, 0.25) is 0 Å². The second kappa shape index (κ2) is 4.34. The first kappa shape index (κ1) is 11.3.